The van der Waals surface area contributed by atoms with Gasteiger partial charge in [-0.1, -0.05) is 90.9 Å². The average Bonchev–Trinajstić information content (AvgIpc) is 2.68. The Labute approximate surface area is 180 Å². The number of ether oxygens (including phenoxy) is 1. The highest BCUT2D eigenvalue weighted by atomic mass is 16.5. The smallest absolute Gasteiger partial charge is 0.306 e. The molecular formula is C25H48O4. The van der Waals surface area contributed by atoms with E-state index in [4.69, 9.17) is 9.84 Å². The van der Waals surface area contributed by atoms with Gasteiger partial charge in [-0.05, 0) is 38.5 Å². The van der Waals surface area contributed by atoms with Crippen molar-refractivity contribution in [2.45, 2.75) is 148 Å². The molecule has 0 aliphatic rings. The Kier molecular flexibility index (Phi) is 20.9. The summed E-state index contributed by atoms with van der Waals surface area (Å²) in [7, 11) is 0. The number of rotatable bonds is 22. The quantitative estimate of drug-likeness (QED) is 0.145. The Balaban J connectivity index is 3.81. The molecule has 0 saturated carbocycles. The molecule has 0 fully saturated rings. The van der Waals surface area contributed by atoms with Crippen LogP contribution in [0.5, 0.6) is 0 Å². The molecule has 0 saturated heterocycles. The summed E-state index contributed by atoms with van der Waals surface area (Å²) in [5.74, 6) is -0.774. The second kappa shape index (κ2) is 21.6. The van der Waals surface area contributed by atoms with Crippen molar-refractivity contribution in [2.75, 3.05) is 0 Å². The first-order valence-electron chi connectivity index (χ1n) is 12.5. The molecule has 172 valence electrons. The van der Waals surface area contributed by atoms with Crippen LogP contribution in [0.3, 0.4) is 0 Å². The highest BCUT2D eigenvalue weighted by Gasteiger charge is 2.14. The Bertz CT molecular complexity index is 381. The van der Waals surface area contributed by atoms with Gasteiger partial charge in [0.05, 0.1) is 0 Å². The van der Waals surface area contributed by atoms with Gasteiger partial charge in [-0.15, -0.1) is 0 Å². The van der Waals surface area contributed by atoms with Crippen LogP contribution in [-0.2, 0) is 14.3 Å². The third kappa shape index (κ3) is 21.5. The van der Waals surface area contributed by atoms with Crippen LogP contribution in [0, 0.1) is 0 Å². The van der Waals surface area contributed by atoms with Crippen molar-refractivity contribution in [2.24, 2.45) is 0 Å². The van der Waals surface area contributed by atoms with Crippen molar-refractivity contribution < 1.29 is 19.4 Å². The fraction of sp³-hybridized carbons (Fsp3) is 0.920. The van der Waals surface area contributed by atoms with E-state index in [1.807, 2.05) is 0 Å². The van der Waals surface area contributed by atoms with Crippen molar-refractivity contribution in [1.82, 2.24) is 0 Å². The molecule has 0 rings (SSSR count). The van der Waals surface area contributed by atoms with Crippen LogP contribution in [-0.4, -0.2) is 23.1 Å². The number of unbranched alkanes of at least 4 members (excludes halogenated alkanes) is 13. The van der Waals surface area contributed by atoms with Gasteiger partial charge >= 0.3 is 11.9 Å². The number of carboxylic acids is 1. The maximum absolute atomic E-state index is 12.2. The highest BCUT2D eigenvalue weighted by Crippen LogP contribution is 2.17. The summed E-state index contributed by atoms with van der Waals surface area (Å²) in [5.41, 5.74) is 0. The summed E-state index contributed by atoms with van der Waals surface area (Å²) in [6.07, 6.45) is 21.3. The number of carbonyl (C=O) groups excluding carboxylic acids is 1. The van der Waals surface area contributed by atoms with E-state index in [2.05, 4.69) is 13.8 Å². The molecule has 29 heavy (non-hydrogen) atoms. The summed E-state index contributed by atoms with van der Waals surface area (Å²) in [6, 6.07) is 0. The number of carbonyl (C=O) groups is 2. The van der Waals surface area contributed by atoms with Crippen molar-refractivity contribution in [3.8, 4) is 0 Å². The van der Waals surface area contributed by atoms with Gasteiger partial charge in [0.2, 0.25) is 0 Å². The molecule has 0 bridgehead atoms. The van der Waals surface area contributed by atoms with Gasteiger partial charge in [0.1, 0.15) is 6.10 Å². The summed E-state index contributed by atoms with van der Waals surface area (Å²) in [5, 5.41) is 8.71. The molecule has 1 N–H and O–H groups in total. The molecule has 0 aromatic rings. The molecule has 0 aliphatic heterocycles. The van der Waals surface area contributed by atoms with Gasteiger partial charge in [0.25, 0.3) is 0 Å². The first-order valence-corrected chi connectivity index (χ1v) is 12.5. The number of hydrogen-bond acceptors (Lipinski definition) is 3. The van der Waals surface area contributed by atoms with Crippen LogP contribution in [0.2, 0.25) is 0 Å². The molecule has 4 nitrogen and oxygen atoms in total. The molecular weight excluding hydrogens is 364 g/mol. The normalized spacial score (nSPS) is 12.1. The zero-order valence-electron chi connectivity index (χ0n) is 19.4. The van der Waals surface area contributed by atoms with Crippen LogP contribution in [0.1, 0.15) is 142 Å². The zero-order chi connectivity index (χ0) is 21.6. The first kappa shape index (κ1) is 27.9. The Morgan fingerprint density at radius 2 is 1.03 bits per heavy atom. The maximum atomic E-state index is 12.2. The Hall–Kier alpha value is -1.06. The van der Waals surface area contributed by atoms with Gasteiger partial charge in [-0.25, -0.2) is 0 Å². The minimum atomic E-state index is -0.729. The summed E-state index contributed by atoms with van der Waals surface area (Å²) in [4.78, 5) is 22.8. The highest BCUT2D eigenvalue weighted by molar-refractivity contribution is 5.69. The van der Waals surface area contributed by atoms with Crippen LogP contribution in [0.4, 0.5) is 0 Å². The van der Waals surface area contributed by atoms with Gasteiger partial charge in [-0.2, -0.15) is 0 Å². The molecule has 0 radical (unpaired) electrons. The molecule has 1 unspecified atom stereocenters. The number of aliphatic carboxylic acids is 1. The molecule has 1 atom stereocenters. The van der Waals surface area contributed by atoms with Crippen LogP contribution in [0.25, 0.3) is 0 Å². The van der Waals surface area contributed by atoms with Gasteiger partial charge in [0.15, 0.2) is 0 Å². The molecule has 0 amide bonds. The van der Waals surface area contributed by atoms with E-state index in [1.165, 1.54) is 57.8 Å². The monoisotopic (exact) mass is 412 g/mol. The van der Waals surface area contributed by atoms with E-state index in [0.29, 0.717) is 12.8 Å². The van der Waals surface area contributed by atoms with Crippen LogP contribution >= 0.6 is 0 Å². The zero-order valence-corrected chi connectivity index (χ0v) is 19.4. The van der Waals surface area contributed by atoms with E-state index in [0.717, 1.165) is 51.4 Å². The topological polar surface area (TPSA) is 63.6 Å². The second-order valence-electron chi connectivity index (χ2n) is 8.53. The van der Waals surface area contributed by atoms with Crippen molar-refractivity contribution in [3.05, 3.63) is 0 Å². The Morgan fingerprint density at radius 3 is 1.59 bits per heavy atom. The maximum Gasteiger partial charge on any atom is 0.306 e. The Morgan fingerprint density at radius 1 is 0.621 bits per heavy atom. The largest absolute Gasteiger partial charge is 0.481 e. The van der Waals surface area contributed by atoms with Crippen molar-refractivity contribution in [1.29, 1.82) is 0 Å². The minimum Gasteiger partial charge on any atom is -0.481 e. The molecule has 0 aromatic carbocycles. The lowest BCUT2D eigenvalue weighted by atomic mass is 10.0. The lowest BCUT2D eigenvalue weighted by molar-refractivity contribution is -0.150. The van der Waals surface area contributed by atoms with E-state index < -0.39 is 5.97 Å². The number of carboxylic acid groups (broad SMARTS) is 1. The van der Waals surface area contributed by atoms with E-state index in [1.54, 1.807) is 0 Å². The fourth-order valence-corrected chi connectivity index (χ4v) is 3.71. The minimum absolute atomic E-state index is 0.0157. The molecule has 0 spiro atoms. The lowest BCUT2D eigenvalue weighted by Gasteiger charge is -2.18. The van der Waals surface area contributed by atoms with Crippen molar-refractivity contribution in [3.63, 3.8) is 0 Å². The molecule has 0 aliphatic carbocycles. The predicted octanol–water partition coefficient (Wildman–Crippen LogP) is 7.82. The van der Waals surface area contributed by atoms with Gasteiger partial charge < -0.3 is 9.84 Å². The van der Waals surface area contributed by atoms with Crippen molar-refractivity contribution >= 4 is 11.9 Å². The molecule has 0 heterocycles. The fourth-order valence-electron chi connectivity index (χ4n) is 3.71. The third-order valence-electron chi connectivity index (χ3n) is 5.58. The predicted molar refractivity (Wildman–Crippen MR) is 121 cm³/mol. The second-order valence-corrected chi connectivity index (χ2v) is 8.53. The summed E-state index contributed by atoms with van der Waals surface area (Å²) in [6.45, 7) is 4.43. The van der Waals surface area contributed by atoms with E-state index in [9.17, 15) is 9.59 Å². The summed E-state index contributed by atoms with van der Waals surface area (Å²) >= 11 is 0. The first-order chi connectivity index (χ1) is 14.1. The third-order valence-corrected chi connectivity index (χ3v) is 5.58. The molecule has 4 heteroatoms. The SMILES string of the molecule is CCCCCCCCCCCCC(=O)OC(CCCCC)CCCCCC(=O)O. The molecule has 0 aromatic heterocycles. The van der Waals surface area contributed by atoms with E-state index >= 15 is 0 Å². The summed E-state index contributed by atoms with van der Waals surface area (Å²) < 4.78 is 5.75. The van der Waals surface area contributed by atoms with Gasteiger partial charge in [0, 0.05) is 12.8 Å². The number of hydrogen-bond donors (Lipinski definition) is 1. The van der Waals surface area contributed by atoms with E-state index in [-0.39, 0.29) is 18.5 Å². The van der Waals surface area contributed by atoms with Gasteiger partial charge in [-0.3, -0.25) is 9.59 Å². The number of esters is 1. The average molecular weight is 413 g/mol. The van der Waals surface area contributed by atoms with Crippen LogP contribution < -0.4 is 0 Å². The standard InChI is InChI=1S/C25H48O4/c1-3-5-7-8-9-10-11-12-13-18-22-25(28)29-23(19-15-6-4-2)20-16-14-17-21-24(26)27/h23H,3-22H2,1-2H3,(H,26,27). The lowest BCUT2D eigenvalue weighted by Crippen LogP contribution is -2.18. The van der Waals surface area contributed by atoms with Crippen LogP contribution in [0.15, 0.2) is 0 Å².